The minimum absolute atomic E-state index is 0.234. The number of rotatable bonds is 3. The molecule has 2 nitrogen and oxygen atoms in total. The molecule has 0 atom stereocenters. The zero-order valence-corrected chi connectivity index (χ0v) is 8.40. The quantitative estimate of drug-likeness (QED) is 0.643. The van der Waals surface area contributed by atoms with Crippen LogP contribution < -0.4 is 0 Å². The lowest BCUT2D eigenvalue weighted by Gasteiger charge is -2.48. The van der Waals surface area contributed by atoms with Gasteiger partial charge in [0.05, 0.1) is 6.10 Å². The third kappa shape index (κ3) is 1.89. The van der Waals surface area contributed by atoms with E-state index >= 15 is 0 Å². The molecule has 0 aromatic carbocycles. The van der Waals surface area contributed by atoms with Gasteiger partial charge in [0.2, 0.25) is 0 Å². The lowest BCUT2D eigenvalue weighted by atomic mass is 9.99. The molecule has 0 radical (unpaired) electrons. The predicted octanol–water partition coefficient (Wildman–Crippen LogP) is 1.03. The van der Waals surface area contributed by atoms with Crippen LogP contribution in [0.15, 0.2) is 0 Å². The summed E-state index contributed by atoms with van der Waals surface area (Å²) in [6.45, 7) is 6.55. The second-order valence-corrected chi connectivity index (χ2v) is 4.05. The van der Waals surface area contributed by atoms with Crippen molar-refractivity contribution in [3.8, 4) is 0 Å². The van der Waals surface area contributed by atoms with E-state index in [1.54, 1.807) is 7.11 Å². The van der Waals surface area contributed by atoms with Crippen molar-refractivity contribution < 1.29 is 4.74 Å². The average Bonchev–Trinajstić information content (AvgIpc) is 1.85. The van der Waals surface area contributed by atoms with Gasteiger partial charge in [0.1, 0.15) is 0 Å². The first-order valence-corrected chi connectivity index (χ1v) is 4.62. The Labute approximate surface area is 74.3 Å². The molecule has 0 spiro atoms. The monoisotopic (exact) mass is 175 g/mol. The summed E-state index contributed by atoms with van der Waals surface area (Å²) in [7, 11) is 1.77. The molecule has 1 saturated heterocycles. The highest BCUT2D eigenvalue weighted by Crippen LogP contribution is 2.23. The summed E-state index contributed by atoms with van der Waals surface area (Å²) in [5.41, 5.74) is 0.234. The summed E-state index contributed by atoms with van der Waals surface area (Å²) >= 11 is 4.30. The molecule has 0 N–H and O–H groups in total. The van der Waals surface area contributed by atoms with Crippen LogP contribution in [0, 0.1) is 0 Å². The molecule has 0 unspecified atom stereocenters. The van der Waals surface area contributed by atoms with Gasteiger partial charge in [0, 0.05) is 31.5 Å². The second-order valence-electron chi connectivity index (χ2n) is 3.73. The molecule has 0 aromatic heterocycles. The fourth-order valence-corrected chi connectivity index (χ4v) is 1.38. The third-order valence-electron chi connectivity index (χ3n) is 2.42. The molecule has 0 bridgehead atoms. The summed E-state index contributed by atoms with van der Waals surface area (Å²) in [4.78, 5) is 2.40. The van der Waals surface area contributed by atoms with Crippen LogP contribution >= 0.6 is 12.6 Å². The van der Waals surface area contributed by atoms with E-state index in [0.717, 1.165) is 18.8 Å². The van der Waals surface area contributed by atoms with Crippen LogP contribution in [0.4, 0.5) is 0 Å². The Morgan fingerprint density at radius 3 is 2.45 bits per heavy atom. The molecule has 1 aliphatic rings. The summed E-state index contributed by atoms with van der Waals surface area (Å²) in [5.74, 6) is 0.906. The Morgan fingerprint density at radius 1 is 1.55 bits per heavy atom. The van der Waals surface area contributed by atoms with Crippen LogP contribution in [-0.2, 0) is 4.74 Å². The summed E-state index contributed by atoms with van der Waals surface area (Å²) in [6.07, 6.45) is 0.453. The van der Waals surface area contributed by atoms with E-state index in [4.69, 9.17) is 4.74 Å². The van der Waals surface area contributed by atoms with Crippen molar-refractivity contribution in [2.75, 3.05) is 26.0 Å². The molecule has 3 heteroatoms. The number of ether oxygens (including phenoxy) is 1. The molecular weight excluding hydrogens is 158 g/mol. The number of likely N-dealkylation sites (tertiary alicyclic amines) is 1. The van der Waals surface area contributed by atoms with E-state index in [1.165, 1.54) is 0 Å². The minimum atomic E-state index is 0.234. The van der Waals surface area contributed by atoms with Crippen molar-refractivity contribution in [2.45, 2.75) is 25.5 Å². The molecule has 0 aromatic rings. The largest absolute Gasteiger partial charge is 0.379 e. The smallest absolute Gasteiger partial charge is 0.0825 e. The van der Waals surface area contributed by atoms with Crippen molar-refractivity contribution in [1.82, 2.24) is 4.90 Å². The lowest BCUT2D eigenvalue weighted by Crippen LogP contribution is -2.61. The Hall–Kier alpha value is 0.270. The number of hydrogen-bond acceptors (Lipinski definition) is 3. The lowest BCUT2D eigenvalue weighted by molar-refractivity contribution is -0.0687. The summed E-state index contributed by atoms with van der Waals surface area (Å²) < 4.78 is 5.19. The topological polar surface area (TPSA) is 12.5 Å². The first-order chi connectivity index (χ1) is 5.10. The minimum Gasteiger partial charge on any atom is -0.379 e. The van der Waals surface area contributed by atoms with E-state index in [0.29, 0.717) is 6.10 Å². The van der Waals surface area contributed by atoms with Gasteiger partial charge in [-0.2, -0.15) is 12.6 Å². The van der Waals surface area contributed by atoms with Crippen molar-refractivity contribution in [1.29, 1.82) is 0 Å². The zero-order valence-electron chi connectivity index (χ0n) is 7.50. The molecule has 1 rings (SSSR count). The molecule has 1 fully saturated rings. The number of nitrogens with zero attached hydrogens (tertiary/aromatic N) is 1. The summed E-state index contributed by atoms with van der Waals surface area (Å²) in [5, 5.41) is 0. The average molecular weight is 175 g/mol. The van der Waals surface area contributed by atoms with Gasteiger partial charge in [-0.3, -0.25) is 4.90 Å². The maximum atomic E-state index is 5.19. The number of thiol groups is 1. The van der Waals surface area contributed by atoms with Gasteiger partial charge in [0.25, 0.3) is 0 Å². The number of hydrogen-bond donors (Lipinski definition) is 1. The summed E-state index contributed by atoms with van der Waals surface area (Å²) in [6, 6.07) is 0. The van der Waals surface area contributed by atoms with Crippen LogP contribution in [0.5, 0.6) is 0 Å². The van der Waals surface area contributed by atoms with Gasteiger partial charge in [-0.05, 0) is 13.8 Å². The first-order valence-electron chi connectivity index (χ1n) is 3.99. The highest BCUT2D eigenvalue weighted by atomic mass is 32.1. The standard InChI is InChI=1S/C8H17NOS/c1-8(2,6-11)9-4-7(5-9)10-3/h7,11H,4-6H2,1-3H3. The van der Waals surface area contributed by atoms with Crippen molar-refractivity contribution in [3.05, 3.63) is 0 Å². The van der Waals surface area contributed by atoms with Gasteiger partial charge in [0.15, 0.2) is 0 Å². The van der Waals surface area contributed by atoms with Crippen LogP contribution in [-0.4, -0.2) is 42.5 Å². The van der Waals surface area contributed by atoms with E-state index in [9.17, 15) is 0 Å². The Balaban J connectivity index is 2.31. The maximum Gasteiger partial charge on any atom is 0.0825 e. The highest BCUT2D eigenvalue weighted by Gasteiger charge is 2.36. The fourth-order valence-electron chi connectivity index (χ4n) is 1.18. The maximum absolute atomic E-state index is 5.19. The van der Waals surface area contributed by atoms with Gasteiger partial charge in [-0.15, -0.1) is 0 Å². The third-order valence-corrected chi connectivity index (χ3v) is 3.20. The highest BCUT2D eigenvalue weighted by molar-refractivity contribution is 7.80. The predicted molar refractivity (Wildman–Crippen MR) is 50.3 cm³/mol. The Kier molecular flexibility index (Phi) is 2.84. The zero-order chi connectivity index (χ0) is 8.48. The van der Waals surface area contributed by atoms with Gasteiger partial charge >= 0.3 is 0 Å². The second kappa shape index (κ2) is 3.33. The van der Waals surface area contributed by atoms with Crippen LogP contribution in [0.25, 0.3) is 0 Å². The molecule has 1 heterocycles. The van der Waals surface area contributed by atoms with Gasteiger partial charge in [-0.25, -0.2) is 0 Å². The van der Waals surface area contributed by atoms with Crippen LogP contribution in [0.3, 0.4) is 0 Å². The first kappa shape index (κ1) is 9.36. The van der Waals surface area contributed by atoms with Crippen LogP contribution in [0.1, 0.15) is 13.8 Å². The van der Waals surface area contributed by atoms with Crippen molar-refractivity contribution >= 4 is 12.6 Å². The molecule has 0 saturated carbocycles. The molecule has 1 aliphatic heterocycles. The van der Waals surface area contributed by atoms with Gasteiger partial charge < -0.3 is 4.74 Å². The van der Waals surface area contributed by atoms with E-state index in [2.05, 4.69) is 31.4 Å². The Morgan fingerprint density at radius 2 is 2.09 bits per heavy atom. The van der Waals surface area contributed by atoms with Crippen molar-refractivity contribution in [3.63, 3.8) is 0 Å². The SMILES string of the molecule is COC1CN(C(C)(C)CS)C1. The van der Waals surface area contributed by atoms with E-state index < -0.39 is 0 Å². The number of methoxy groups -OCH3 is 1. The van der Waals surface area contributed by atoms with E-state index in [1.807, 2.05) is 0 Å². The molecule has 66 valence electrons. The fraction of sp³-hybridized carbons (Fsp3) is 1.00. The van der Waals surface area contributed by atoms with Gasteiger partial charge in [-0.1, -0.05) is 0 Å². The van der Waals surface area contributed by atoms with Crippen molar-refractivity contribution in [2.24, 2.45) is 0 Å². The molecule has 11 heavy (non-hydrogen) atoms. The normalized spacial score (nSPS) is 21.8. The molecule has 0 aliphatic carbocycles. The molecular formula is C8H17NOS. The van der Waals surface area contributed by atoms with Crippen LogP contribution in [0.2, 0.25) is 0 Å². The Bertz CT molecular complexity index is 132. The molecule has 0 amide bonds. The van der Waals surface area contributed by atoms with E-state index in [-0.39, 0.29) is 5.54 Å².